The van der Waals surface area contributed by atoms with Gasteiger partial charge in [-0.2, -0.15) is 0 Å². The molecule has 1 aromatic heterocycles. The number of aromatic nitrogens is 2. The van der Waals surface area contributed by atoms with Crippen molar-refractivity contribution in [2.24, 2.45) is 5.92 Å². The van der Waals surface area contributed by atoms with E-state index in [1.54, 1.807) is 19.5 Å². The van der Waals surface area contributed by atoms with Gasteiger partial charge in [-0.05, 0) is 38.5 Å². The summed E-state index contributed by atoms with van der Waals surface area (Å²) in [6.07, 6.45) is 8.37. The van der Waals surface area contributed by atoms with Gasteiger partial charge in [-0.15, -0.1) is 0 Å². The maximum absolute atomic E-state index is 12.8. The summed E-state index contributed by atoms with van der Waals surface area (Å²) >= 11 is 0. The lowest BCUT2D eigenvalue weighted by Gasteiger charge is -2.36. The van der Waals surface area contributed by atoms with Gasteiger partial charge in [0.2, 0.25) is 11.9 Å². The molecule has 28 heavy (non-hydrogen) atoms. The van der Waals surface area contributed by atoms with Crippen molar-refractivity contribution in [1.82, 2.24) is 15.3 Å². The average molecular weight is 392 g/mol. The van der Waals surface area contributed by atoms with Crippen LogP contribution in [0.3, 0.4) is 0 Å². The first-order chi connectivity index (χ1) is 13.7. The van der Waals surface area contributed by atoms with Crippen molar-refractivity contribution >= 4 is 11.9 Å². The highest BCUT2D eigenvalue weighted by molar-refractivity contribution is 5.79. The molecule has 3 atom stereocenters. The molecular formula is C20H32N4O4. The molecule has 2 aliphatic rings. The largest absolute Gasteiger partial charge is 0.494 e. The third-order valence-corrected chi connectivity index (χ3v) is 5.44. The minimum absolute atomic E-state index is 0.0143. The van der Waals surface area contributed by atoms with Crippen LogP contribution in [0.4, 0.5) is 5.95 Å². The first-order valence-electron chi connectivity index (χ1n) is 10.3. The number of nitrogens with one attached hydrogen (secondary N) is 2. The molecule has 1 amide bonds. The van der Waals surface area contributed by atoms with E-state index in [1.165, 1.54) is 0 Å². The maximum atomic E-state index is 12.8. The van der Waals surface area contributed by atoms with E-state index in [1.807, 2.05) is 0 Å². The fourth-order valence-corrected chi connectivity index (χ4v) is 3.81. The minimum atomic E-state index is -0.0372. The van der Waals surface area contributed by atoms with Crippen molar-refractivity contribution in [1.29, 1.82) is 0 Å². The third kappa shape index (κ3) is 5.78. The number of hydrogen-bond acceptors (Lipinski definition) is 7. The van der Waals surface area contributed by atoms with Gasteiger partial charge in [0.15, 0.2) is 5.75 Å². The smallest absolute Gasteiger partial charge is 0.223 e. The van der Waals surface area contributed by atoms with Gasteiger partial charge < -0.3 is 24.8 Å². The lowest BCUT2D eigenvalue weighted by atomic mass is 9.83. The highest BCUT2D eigenvalue weighted by Gasteiger charge is 2.35. The molecule has 2 fully saturated rings. The zero-order chi connectivity index (χ0) is 19.8. The van der Waals surface area contributed by atoms with Gasteiger partial charge in [-0.3, -0.25) is 4.79 Å². The summed E-state index contributed by atoms with van der Waals surface area (Å²) < 4.78 is 16.6. The lowest BCUT2D eigenvalue weighted by molar-refractivity contribution is -0.129. The number of carbonyl (C=O) groups excluding carboxylic acids is 1. The van der Waals surface area contributed by atoms with Crippen LogP contribution >= 0.6 is 0 Å². The van der Waals surface area contributed by atoms with Crippen molar-refractivity contribution in [3.8, 4) is 5.75 Å². The Labute approximate surface area is 166 Å². The minimum Gasteiger partial charge on any atom is -0.494 e. The van der Waals surface area contributed by atoms with E-state index in [-0.39, 0.29) is 30.0 Å². The molecule has 2 heterocycles. The standard InChI is InChI=1S/C20H32N4O4/c1-3-8-28-18-11-14(19(25)23-15-6-9-27-10-7-15)4-5-17(18)24-20-21-12-16(26-2)13-22-20/h12-15,17-18H,3-11H2,1-2H3,(H,23,25)(H,21,22,24)/t14-,17-,18-/m0/s1. The molecular weight excluding hydrogens is 360 g/mol. The van der Waals surface area contributed by atoms with E-state index in [0.29, 0.717) is 24.7 Å². The summed E-state index contributed by atoms with van der Waals surface area (Å²) in [5, 5.41) is 6.59. The Morgan fingerprint density at radius 3 is 2.64 bits per heavy atom. The fourth-order valence-electron chi connectivity index (χ4n) is 3.81. The Morgan fingerprint density at radius 2 is 1.96 bits per heavy atom. The molecule has 0 unspecified atom stereocenters. The van der Waals surface area contributed by atoms with E-state index in [9.17, 15) is 4.79 Å². The van der Waals surface area contributed by atoms with Crippen molar-refractivity contribution < 1.29 is 19.0 Å². The lowest BCUT2D eigenvalue weighted by Crippen LogP contribution is -2.48. The van der Waals surface area contributed by atoms with Gasteiger partial charge in [-0.1, -0.05) is 6.92 Å². The van der Waals surface area contributed by atoms with Crippen LogP contribution in [0.25, 0.3) is 0 Å². The second-order valence-corrected chi connectivity index (χ2v) is 7.51. The van der Waals surface area contributed by atoms with Gasteiger partial charge >= 0.3 is 0 Å². The number of nitrogens with zero attached hydrogens (tertiary/aromatic N) is 2. The van der Waals surface area contributed by atoms with Crippen molar-refractivity contribution in [3.05, 3.63) is 12.4 Å². The molecule has 0 aromatic carbocycles. The quantitative estimate of drug-likeness (QED) is 0.700. The Bertz CT molecular complexity index is 607. The van der Waals surface area contributed by atoms with Crippen LogP contribution in [0.15, 0.2) is 12.4 Å². The molecule has 1 aromatic rings. The molecule has 0 radical (unpaired) electrons. The molecule has 8 nitrogen and oxygen atoms in total. The number of amides is 1. The van der Waals surface area contributed by atoms with Gasteiger partial charge in [0.05, 0.1) is 31.6 Å². The normalized spacial score (nSPS) is 25.9. The summed E-state index contributed by atoms with van der Waals surface area (Å²) in [7, 11) is 1.59. The van der Waals surface area contributed by atoms with Gasteiger partial charge in [0.1, 0.15) is 0 Å². The second-order valence-electron chi connectivity index (χ2n) is 7.51. The molecule has 2 N–H and O–H groups in total. The molecule has 156 valence electrons. The first-order valence-corrected chi connectivity index (χ1v) is 10.3. The molecule has 1 saturated heterocycles. The molecule has 1 aliphatic heterocycles. The fraction of sp³-hybridized carbons (Fsp3) is 0.750. The molecule has 1 saturated carbocycles. The first kappa shape index (κ1) is 20.8. The van der Waals surface area contributed by atoms with Crippen LogP contribution < -0.4 is 15.4 Å². The van der Waals surface area contributed by atoms with E-state index < -0.39 is 0 Å². The van der Waals surface area contributed by atoms with Crippen molar-refractivity contribution in [3.63, 3.8) is 0 Å². The summed E-state index contributed by atoms with van der Waals surface area (Å²) in [6, 6.07) is 0.326. The SMILES string of the molecule is CCCO[C@H]1C[C@@H](C(=O)NC2CCOCC2)CC[C@@H]1Nc1ncc(OC)cn1. The summed E-state index contributed by atoms with van der Waals surface area (Å²) in [4.78, 5) is 21.3. The van der Waals surface area contributed by atoms with Crippen LogP contribution in [0, 0.1) is 5.92 Å². The van der Waals surface area contributed by atoms with Crippen LogP contribution in [-0.4, -0.2) is 61.0 Å². The zero-order valence-corrected chi connectivity index (χ0v) is 16.9. The monoisotopic (exact) mass is 392 g/mol. The predicted octanol–water partition coefficient (Wildman–Crippen LogP) is 2.16. The molecule has 3 rings (SSSR count). The Morgan fingerprint density at radius 1 is 1.21 bits per heavy atom. The number of anilines is 1. The molecule has 1 aliphatic carbocycles. The summed E-state index contributed by atoms with van der Waals surface area (Å²) in [5.41, 5.74) is 0. The van der Waals surface area contributed by atoms with Gasteiger partial charge in [-0.25, -0.2) is 9.97 Å². The number of hydrogen-bond donors (Lipinski definition) is 2. The second kappa shape index (κ2) is 10.6. The molecule has 0 spiro atoms. The van der Waals surface area contributed by atoms with Crippen molar-refractivity contribution in [2.75, 3.05) is 32.2 Å². The van der Waals surface area contributed by atoms with Crippen LogP contribution in [0.5, 0.6) is 5.75 Å². The topological polar surface area (TPSA) is 94.6 Å². The van der Waals surface area contributed by atoms with E-state index in [2.05, 4.69) is 27.5 Å². The molecule has 8 heteroatoms. The predicted molar refractivity (Wildman–Crippen MR) is 105 cm³/mol. The van der Waals surface area contributed by atoms with Gasteiger partial charge in [0.25, 0.3) is 0 Å². The maximum Gasteiger partial charge on any atom is 0.223 e. The highest BCUT2D eigenvalue weighted by Crippen LogP contribution is 2.29. The Balaban J connectivity index is 1.57. The average Bonchev–Trinajstić information content (AvgIpc) is 2.74. The van der Waals surface area contributed by atoms with E-state index >= 15 is 0 Å². The number of ether oxygens (including phenoxy) is 3. The number of methoxy groups -OCH3 is 1. The Hall–Kier alpha value is -1.93. The van der Waals surface area contributed by atoms with Crippen LogP contribution in [0.2, 0.25) is 0 Å². The summed E-state index contributed by atoms with van der Waals surface area (Å²) in [6.45, 7) is 4.23. The highest BCUT2D eigenvalue weighted by atomic mass is 16.5. The van der Waals surface area contributed by atoms with E-state index in [0.717, 1.165) is 45.3 Å². The van der Waals surface area contributed by atoms with Crippen LogP contribution in [-0.2, 0) is 14.3 Å². The van der Waals surface area contributed by atoms with Crippen LogP contribution in [0.1, 0.15) is 45.4 Å². The zero-order valence-electron chi connectivity index (χ0n) is 16.9. The summed E-state index contributed by atoms with van der Waals surface area (Å²) in [5.74, 6) is 1.31. The number of rotatable bonds is 8. The molecule has 0 bridgehead atoms. The van der Waals surface area contributed by atoms with Crippen molar-refractivity contribution in [2.45, 2.75) is 63.6 Å². The van der Waals surface area contributed by atoms with Gasteiger partial charge in [0, 0.05) is 31.8 Å². The number of carbonyl (C=O) groups is 1. The third-order valence-electron chi connectivity index (χ3n) is 5.44. The van der Waals surface area contributed by atoms with E-state index in [4.69, 9.17) is 14.2 Å². The Kier molecular flexibility index (Phi) is 7.85.